The first-order chi connectivity index (χ1) is 12.8. The van der Waals surface area contributed by atoms with Crippen molar-refractivity contribution in [3.8, 4) is 0 Å². The molecule has 3 amide bonds. The lowest BCUT2D eigenvalue weighted by Gasteiger charge is -2.15. The SMILES string of the molecule is CNC(=O)[C@H](CCC(=O)NCC(=O)CCCc1ccc(N)cc1)NC(C)=O. The van der Waals surface area contributed by atoms with Gasteiger partial charge in [0.15, 0.2) is 5.78 Å². The summed E-state index contributed by atoms with van der Waals surface area (Å²) < 4.78 is 0. The normalized spacial score (nSPS) is 11.3. The van der Waals surface area contributed by atoms with Crippen LogP contribution in [-0.2, 0) is 25.6 Å². The molecule has 0 spiro atoms. The van der Waals surface area contributed by atoms with Gasteiger partial charge in [-0.3, -0.25) is 19.2 Å². The van der Waals surface area contributed by atoms with Crippen LogP contribution in [0.25, 0.3) is 0 Å². The average molecular weight is 376 g/mol. The maximum absolute atomic E-state index is 11.9. The number of ketones is 1. The lowest BCUT2D eigenvalue weighted by atomic mass is 10.1. The molecule has 1 aromatic rings. The number of aryl methyl sites for hydroxylation is 1. The molecule has 0 radical (unpaired) electrons. The van der Waals surface area contributed by atoms with Crippen molar-refractivity contribution in [2.45, 2.75) is 45.1 Å². The summed E-state index contributed by atoms with van der Waals surface area (Å²) in [4.78, 5) is 46.5. The molecule has 8 nitrogen and oxygen atoms in total. The molecule has 1 atom stereocenters. The Morgan fingerprint density at radius 3 is 2.33 bits per heavy atom. The van der Waals surface area contributed by atoms with Crippen LogP contribution in [0.1, 0.15) is 38.2 Å². The number of nitrogen functional groups attached to an aromatic ring is 1. The third kappa shape index (κ3) is 9.39. The molecule has 0 fully saturated rings. The van der Waals surface area contributed by atoms with Gasteiger partial charge < -0.3 is 21.7 Å². The molecular weight excluding hydrogens is 348 g/mol. The minimum Gasteiger partial charge on any atom is -0.399 e. The summed E-state index contributed by atoms with van der Waals surface area (Å²) in [6, 6.07) is 6.74. The van der Waals surface area contributed by atoms with Gasteiger partial charge in [-0.25, -0.2) is 0 Å². The van der Waals surface area contributed by atoms with E-state index in [2.05, 4.69) is 16.0 Å². The number of carbonyl (C=O) groups is 4. The third-order valence-electron chi connectivity index (χ3n) is 3.98. The molecule has 0 saturated carbocycles. The molecule has 0 aliphatic carbocycles. The number of hydrogen-bond donors (Lipinski definition) is 4. The highest BCUT2D eigenvalue weighted by atomic mass is 16.2. The predicted octanol–water partition coefficient (Wildman–Crippen LogP) is 0.308. The molecule has 5 N–H and O–H groups in total. The first kappa shape index (κ1) is 22.1. The fraction of sp³-hybridized carbons (Fsp3) is 0.474. The van der Waals surface area contributed by atoms with Crippen molar-refractivity contribution >= 4 is 29.2 Å². The zero-order valence-electron chi connectivity index (χ0n) is 15.8. The quantitative estimate of drug-likeness (QED) is 0.413. The van der Waals surface area contributed by atoms with E-state index in [4.69, 9.17) is 5.73 Å². The average Bonchev–Trinajstić information content (AvgIpc) is 2.64. The summed E-state index contributed by atoms with van der Waals surface area (Å²) >= 11 is 0. The maximum atomic E-state index is 11.9. The largest absolute Gasteiger partial charge is 0.399 e. The number of anilines is 1. The lowest BCUT2D eigenvalue weighted by molar-refractivity contribution is -0.129. The van der Waals surface area contributed by atoms with Gasteiger partial charge in [-0.1, -0.05) is 12.1 Å². The first-order valence-electron chi connectivity index (χ1n) is 8.93. The van der Waals surface area contributed by atoms with Crippen molar-refractivity contribution in [2.75, 3.05) is 19.3 Å². The minimum absolute atomic E-state index is 0.0364. The van der Waals surface area contributed by atoms with Crippen LogP contribution in [0, 0.1) is 0 Å². The highest BCUT2D eigenvalue weighted by Gasteiger charge is 2.19. The van der Waals surface area contributed by atoms with E-state index < -0.39 is 6.04 Å². The zero-order valence-corrected chi connectivity index (χ0v) is 15.8. The monoisotopic (exact) mass is 376 g/mol. The second-order valence-corrected chi connectivity index (χ2v) is 6.32. The summed E-state index contributed by atoms with van der Waals surface area (Å²) in [6.07, 6.45) is 2.04. The van der Waals surface area contributed by atoms with Crippen molar-refractivity contribution < 1.29 is 19.2 Å². The standard InChI is InChI=1S/C19H28N4O4/c1-13(24)23-17(19(27)21-2)10-11-18(26)22-12-16(25)5-3-4-14-6-8-15(20)9-7-14/h6-9,17H,3-5,10-12,20H2,1-2H3,(H,21,27)(H,22,26)(H,23,24)/t17-/m0/s1. The number of rotatable bonds is 11. The van der Waals surface area contributed by atoms with E-state index in [0.29, 0.717) is 18.5 Å². The van der Waals surface area contributed by atoms with E-state index in [1.807, 2.05) is 24.3 Å². The number of nitrogens with two attached hydrogens (primary N) is 1. The molecule has 0 unspecified atom stereocenters. The topological polar surface area (TPSA) is 130 Å². The molecule has 0 heterocycles. The number of nitrogens with one attached hydrogen (secondary N) is 3. The molecule has 0 aromatic heterocycles. The Labute approximate surface area is 159 Å². The van der Waals surface area contributed by atoms with Gasteiger partial charge in [-0.05, 0) is 37.0 Å². The van der Waals surface area contributed by atoms with E-state index in [0.717, 1.165) is 12.0 Å². The van der Waals surface area contributed by atoms with Crippen molar-refractivity contribution in [1.82, 2.24) is 16.0 Å². The van der Waals surface area contributed by atoms with Crippen LogP contribution in [0.3, 0.4) is 0 Å². The molecule has 27 heavy (non-hydrogen) atoms. The fourth-order valence-electron chi connectivity index (χ4n) is 2.51. The summed E-state index contributed by atoms with van der Waals surface area (Å²) in [5.41, 5.74) is 7.44. The smallest absolute Gasteiger partial charge is 0.242 e. The second kappa shape index (κ2) is 11.7. The van der Waals surface area contributed by atoms with Crippen molar-refractivity contribution in [3.05, 3.63) is 29.8 Å². The number of Topliss-reactive ketones (excluding diaryl/α,β-unsaturated/α-hetero) is 1. The molecule has 148 valence electrons. The summed E-state index contributed by atoms with van der Waals surface area (Å²) in [7, 11) is 1.46. The second-order valence-electron chi connectivity index (χ2n) is 6.32. The summed E-state index contributed by atoms with van der Waals surface area (Å²) in [5.74, 6) is -1.10. The first-order valence-corrected chi connectivity index (χ1v) is 8.93. The Hall–Kier alpha value is -2.90. The van der Waals surface area contributed by atoms with Crippen LogP contribution < -0.4 is 21.7 Å². The molecule has 1 aromatic carbocycles. The van der Waals surface area contributed by atoms with Crippen LogP contribution >= 0.6 is 0 Å². The van der Waals surface area contributed by atoms with Crippen LogP contribution in [0.15, 0.2) is 24.3 Å². The van der Waals surface area contributed by atoms with Gasteiger partial charge in [0.1, 0.15) is 6.04 Å². The Kier molecular flexibility index (Phi) is 9.57. The fourth-order valence-corrected chi connectivity index (χ4v) is 2.51. The van der Waals surface area contributed by atoms with Gasteiger partial charge >= 0.3 is 0 Å². The minimum atomic E-state index is -0.770. The van der Waals surface area contributed by atoms with Gasteiger partial charge in [-0.15, -0.1) is 0 Å². The van der Waals surface area contributed by atoms with Gasteiger partial charge in [0, 0.05) is 32.5 Å². The third-order valence-corrected chi connectivity index (χ3v) is 3.98. The van der Waals surface area contributed by atoms with Crippen molar-refractivity contribution in [3.63, 3.8) is 0 Å². The molecule has 1 rings (SSSR count). The van der Waals surface area contributed by atoms with Gasteiger partial charge in [0.2, 0.25) is 17.7 Å². The van der Waals surface area contributed by atoms with E-state index >= 15 is 0 Å². The van der Waals surface area contributed by atoms with E-state index in [1.54, 1.807) is 0 Å². The van der Waals surface area contributed by atoms with Crippen LogP contribution in [0.2, 0.25) is 0 Å². The van der Waals surface area contributed by atoms with E-state index in [1.165, 1.54) is 14.0 Å². The Bertz CT molecular complexity index is 658. The molecule has 0 bridgehead atoms. The van der Waals surface area contributed by atoms with Crippen molar-refractivity contribution in [1.29, 1.82) is 0 Å². The predicted molar refractivity (Wildman–Crippen MR) is 103 cm³/mol. The molecule has 0 aliphatic rings. The summed E-state index contributed by atoms with van der Waals surface area (Å²) in [5, 5.41) is 7.48. The Morgan fingerprint density at radius 2 is 1.74 bits per heavy atom. The number of amides is 3. The number of carbonyl (C=O) groups excluding carboxylic acids is 4. The molecule has 0 saturated heterocycles. The summed E-state index contributed by atoms with van der Waals surface area (Å²) in [6.45, 7) is 1.27. The molecule has 8 heteroatoms. The molecular formula is C19H28N4O4. The van der Waals surface area contributed by atoms with Gasteiger partial charge in [0.25, 0.3) is 0 Å². The van der Waals surface area contributed by atoms with Crippen LogP contribution in [0.4, 0.5) is 5.69 Å². The Balaban J connectivity index is 2.25. The van der Waals surface area contributed by atoms with E-state index in [9.17, 15) is 19.2 Å². The van der Waals surface area contributed by atoms with Gasteiger partial charge in [0.05, 0.1) is 6.54 Å². The number of benzene rings is 1. The highest BCUT2D eigenvalue weighted by molar-refractivity contribution is 5.88. The highest BCUT2D eigenvalue weighted by Crippen LogP contribution is 2.09. The van der Waals surface area contributed by atoms with Crippen molar-refractivity contribution in [2.24, 2.45) is 0 Å². The van der Waals surface area contributed by atoms with Crippen LogP contribution in [0.5, 0.6) is 0 Å². The Morgan fingerprint density at radius 1 is 1.07 bits per heavy atom. The molecule has 0 aliphatic heterocycles. The lowest BCUT2D eigenvalue weighted by Crippen LogP contribution is -2.45. The maximum Gasteiger partial charge on any atom is 0.242 e. The van der Waals surface area contributed by atoms with Crippen LogP contribution in [-0.4, -0.2) is 43.1 Å². The number of likely N-dealkylation sites (N-methyl/N-ethyl adjacent to an activating group) is 1. The van der Waals surface area contributed by atoms with E-state index in [-0.39, 0.29) is 42.9 Å². The zero-order chi connectivity index (χ0) is 20.2. The van der Waals surface area contributed by atoms with Gasteiger partial charge in [-0.2, -0.15) is 0 Å². The number of hydrogen-bond acceptors (Lipinski definition) is 5.